The van der Waals surface area contributed by atoms with Crippen molar-refractivity contribution in [2.75, 3.05) is 0 Å². The molecule has 0 aliphatic heterocycles. The van der Waals surface area contributed by atoms with E-state index in [2.05, 4.69) is 31.3 Å². The molecule has 0 fully saturated rings. The first-order valence-corrected chi connectivity index (χ1v) is 6.99. The molecule has 19 heavy (non-hydrogen) atoms. The highest BCUT2D eigenvalue weighted by molar-refractivity contribution is 9.10. The van der Waals surface area contributed by atoms with Gasteiger partial charge in [-0.15, -0.1) is 21.5 Å². The summed E-state index contributed by atoms with van der Waals surface area (Å²) >= 11 is 4.70. The first kappa shape index (κ1) is 12.2. The molecule has 6 nitrogen and oxygen atoms in total. The van der Waals surface area contributed by atoms with Gasteiger partial charge in [-0.1, -0.05) is 0 Å². The number of aromatic nitrogens is 4. The Balaban J connectivity index is 1.78. The number of carbonyl (C=O) groups excluding carboxylic acids is 1. The summed E-state index contributed by atoms with van der Waals surface area (Å²) in [5.41, 5.74) is 0. The first-order chi connectivity index (χ1) is 9.24. The number of nitrogens with zero attached hydrogens (tertiary/aromatic N) is 4. The zero-order valence-electron chi connectivity index (χ0n) is 9.49. The number of hydrogen-bond acceptors (Lipinski definition) is 6. The lowest BCUT2D eigenvalue weighted by atomic mass is 10.3. The van der Waals surface area contributed by atoms with Crippen molar-refractivity contribution in [1.82, 2.24) is 20.2 Å². The lowest BCUT2D eigenvalue weighted by molar-refractivity contribution is 0.0964. The third kappa shape index (κ3) is 2.49. The van der Waals surface area contributed by atoms with E-state index in [0.717, 1.165) is 4.47 Å². The molecule has 8 heteroatoms. The molecule has 0 saturated heterocycles. The van der Waals surface area contributed by atoms with Crippen molar-refractivity contribution >= 4 is 33.0 Å². The zero-order valence-corrected chi connectivity index (χ0v) is 11.9. The molecule has 3 heterocycles. The molecule has 96 valence electrons. The second-order valence-corrected chi connectivity index (χ2v) is 5.41. The molecule has 3 aromatic heterocycles. The average Bonchev–Trinajstić information content (AvgIpc) is 3.07. The van der Waals surface area contributed by atoms with Crippen molar-refractivity contribution in [2.24, 2.45) is 0 Å². The van der Waals surface area contributed by atoms with Gasteiger partial charge in [0.15, 0.2) is 11.5 Å². The monoisotopic (exact) mass is 338 g/mol. The minimum Gasteiger partial charge on any atom is -0.461 e. The van der Waals surface area contributed by atoms with E-state index in [-0.39, 0.29) is 12.3 Å². The van der Waals surface area contributed by atoms with Crippen LogP contribution in [0, 0.1) is 0 Å². The molecule has 3 rings (SSSR count). The Labute approximate surface area is 120 Å². The number of carbonyl (C=O) groups is 1. The summed E-state index contributed by atoms with van der Waals surface area (Å²) in [6.45, 7) is 0.0484. The number of ketones is 1. The molecule has 0 N–H and O–H groups in total. The fraction of sp³-hybridized carbons (Fsp3) is 0.0909. The summed E-state index contributed by atoms with van der Waals surface area (Å²) in [7, 11) is 0. The van der Waals surface area contributed by atoms with Gasteiger partial charge in [0.05, 0.1) is 11.1 Å². The third-order valence-electron chi connectivity index (χ3n) is 2.35. The van der Waals surface area contributed by atoms with Crippen LogP contribution in [-0.4, -0.2) is 26.0 Å². The van der Waals surface area contributed by atoms with Crippen LogP contribution in [0.3, 0.4) is 0 Å². The molecular formula is C11H7BrN4O2S. The van der Waals surface area contributed by atoms with Gasteiger partial charge in [0, 0.05) is 4.47 Å². The molecule has 0 atom stereocenters. The van der Waals surface area contributed by atoms with Crippen molar-refractivity contribution in [3.8, 4) is 11.6 Å². The second kappa shape index (κ2) is 5.06. The Bertz CT molecular complexity index is 704. The molecule has 0 bridgehead atoms. The van der Waals surface area contributed by atoms with Crippen LogP contribution in [-0.2, 0) is 6.54 Å². The maximum absolute atomic E-state index is 12.0. The second-order valence-electron chi connectivity index (χ2n) is 3.64. The van der Waals surface area contributed by atoms with Crippen LogP contribution in [0.25, 0.3) is 11.6 Å². The molecule has 0 saturated carbocycles. The van der Waals surface area contributed by atoms with Crippen LogP contribution in [0.1, 0.15) is 9.67 Å². The maximum atomic E-state index is 12.0. The van der Waals surface area contributed by atoms with Crippen molar-refractivity contribution in [1.29, 1.82) is 0 Å². The lowest BCUT2D eigenvalue weighted by Crippen LogP contribution is -2.12. The van der Waals surface area contributed by atoms with E-state index >= 15 is 0 Å². The molecular weight excluding hydrogens is 332 g/mol. The van der Waals surface area contributed by atoms with Crippen molar-refractivity contribution < 1.29 is 9.21 Å². The number of thiophene rings is 1. The Morgan fingerprint density at radius 3 is 3.05 bits per heavy atom. The van der Waals surface area contributed by atoms with Crippen LogP contribution in [0.5, 0.6) is 0 Å². The van der Waals surface area contributed by atoms with Crippen LogP contribution in [0.4, 0.5) is 0 Å². The SMILES string of the molecule is O=C(Cn1nnc(-c2ccco2)n1)c1sccc1Br. The quantitative estimate of drug-likeness (QED) is 0.683. The van der Waals surface area contributed by atoms with E-state index in [9.17, 15) is 4.79 Å². The van der Waals surface area contributed by atoms with E-state index in [1.807, 2.05) is 11.4 Å². The Hall–Kier alpha value is -1.80. The van der Waals surface area contributed by atoms with Crippen LogP contribution in [0.15, 0.2) is 38.7 Å². The van der Waals surface area contributed by atoms with E-state index in [4.69, 9.17) is 4.42 Å². The van der Waals surface area contributed by atoms with E-state index in [1.165, 1.54) is 22.4 Å². The van der Waals surface area contributed by atoms with Gasteiger partial charge >= 0.3 is 0 Å². The molecule has 0 aliphatic rings. The molecule has 0 amide bonds. The minimum atomic E-state index is -0.0646. The van der Waals surface area contributed by atoms with E-state index < -0.39 is 0 Å². The van der Waals surface area contributed by atoms with Crippen LogP contribution < -0.4 is 0 Å². The minimum absolute atomic E-state index is 0.0484. The van der Waals surface area contributed by atoms with E-state index in [1.54, 1.807) is 12.1 Å². The summed E-state index contributed by atoms with van der Waals surface area (Å²) in [4.78, 5) is 13.9. The highest BCUT2D eigenvalue weighted by atomic mass is 79.9. The first-order valence-electron chi connectivity index (χ1n) is 5.32. The molecule has 0 radical (unpaired) electrons. The zero-order chi connectivity index (χ0) is 13.2. The van der Waals surface area contributed by atoms with Gasteiger partial charge in [-0.25, -0.2) is 0 Å². The normalized spacial score (nSPS) is 10.8. The van der Waals surface area contributed by atoms with Gasteiger partial charge in [0.25, 0.3) is 0 Å². The fourth-order valence-electron chi connectivity index (χ4n) is 1.51. The van der Waals surface area contributed by atoms with Crippen molar-refractivity contribution in [3.05, 3.63) is 39.2 Å². The average molecular weight is 339 g/mol. The molecule has 0 aromatic carbocycles. The Morgan fingerprint density at radius 1 is 1.47 bits per heavy atom. The third-order valence-corrected chi connectivity index (χ3v) is 4.23. The summed E-state index contributed by atoms with van der Waals surface area (Å²) < 4.78 is 5.95. The van der Waals surface area contributed by atoms with Gasteiger partial charge in [0.2, 0.25) is 5.82 Å². The molecule has 3 aromatic rings. The predicted octanol–water partition coefficient (Wildman–Crippen LogP) is 2.64. The Morgan fingerprint density at radius 2 is 2.37 bits per heavy atom. The summed E-state index contributed by atoms with van der Waals surface area (Å²) in [5, 5.41) is 13.6. The van der Waals surface area contributed by atoms with Crippen molar-refractivity contribution in [2.45, 2.75) is 6.54 Å². The number of rotatable bonds is 4. The van der Waals surface area contributed by atoms with Gasteiger partial charge < -0.3 is 4.42 Å². The molecule has 0 unspecified atom stereocenters. The summed E-state index contributed by atoms with van der Waals surface area (Å²) in [5.74, 6) is 0.823. The van der Waals surface area contributed by atoms with Crippen LogP contribution in [0.2, 0.25) is 0 Å². The smallest absolute Gasteiger partial charge is 0.240 e. The number of furan rings is 1. The van der Waals surface area contributed by atoms with Gasteiger partial charge in [0.1, 0.15) is 6.54 Å². The highest BCUT2D eigenvalue weighted by Crippen LogP contribution is 2.23. The maximum Gasteiger partial charge on any atom is 0.240 e. The molecule has 0 aliphatic carbocycles. The van der Waals surface area contributed by atoms with E-state index in [0.29, 0.717) is 16.5 Å². The topological polar surface area (TPSA) is 73.8 Å². The summed E-state index contributed by atoms with van der Waals surface area (Å²) in [6.07, 6.45) is 1.53. The van der Waals surface area contributed by atoms with Gasteiger partial charge in [-0.2, -0.15) is 4.80 Å². The number of tetrazole rings is 1. The number of halogens is 1. The number of Topliss-reactive ketones (excluding diaryl/α,β-unsaturated/α-hetero) is 1. The lowest BCUT2D eigenvalue weighted by Gasteiger charge is -1.96. The molecule has 0 spiro atoms. The van der Waals surface area contributed by atoms with Gasteiger partial charge in [-0.05, 0) is 44.7 Å². The number of hydrogen-bond donors (Lipinski definition) is 0. The highest BCUT2D eigenvalue weighted by Gasteiger charge is 2.15. The standard InChI is InChI=1S/C11H7BrN4O2S/c12-7-3-5-19-10(7)8(17)6-16-14-11(13-15-16)9-2-1-4-18-9/h1-5H,6H2. The van der Waals surface area contributed by atoms with Crippen molar-refractivity contribution in [3.63, 3.8) is 0 Å². The van der Waals surface area contributed by atoms with Crippen LogP contribution >= 0.6 is 27.3 Å². The van der Waals surface area contributed by atoms with Gasteiger partial charge in [-0.3, -0.25) is 4.79 Å². The summed E-state index contributed by atoms with van der Waals surface area (Å²) in [6, 6.07) is 5.31. The predicted molar refractivity (Wildman–Crippen MR) is 71.9 cm³/mol. The fourth-order valence-corrected chi connectivity index (χ4v) is 3.03. The largest absolute Gasteiger partial charge is 0.461 e. The Kier molecular flexibility index (Phi) is 3.26.